The quantitative estimate of drug-likeness (QED) is 0.721. The molecule has 0 aliphatic rings. The molecular weight excluding hydrogens is 316 g/mol. The molecule has 1 aromatic heterocycles. The van der Waals surface area contributed by atoms with E-state index in [1.54, 1.807) is 10.9 Å². The summed E-state index contributed by atoms with van der Waals surface area (Å²) in [6.45, 7) is 2.16. The molecule has 0 fully saturated rings. The summed E-state index contributed by atoms with van der Waals surface area (Å²) in [5.74, 6) is -0.356. The average Bonchev–Trinajstić information content (AvgIpc) is 3.11. The molecule has 3 aromatic rings. The Labute approximate surface area is 146 Å². The number of amides is 1. The van der Waals surface area contributed by atoms with Gasteiger partial charge in [0.15, 0.2) is 5.69 Å². The van der Waals surface area contributed by atoms with Crippen molar-refractivity contribution in [3.8, 4) is 5.69 Å². The fourth-order valence-electron chi connectivity index (χ4n) is 2.45. The number of hydrogen-bond donors (Lipinski definition) is 2. The Bertz CT molecular complexity index is 828. The van der Waals surface area contributed by atoms with E-state index in [1.165, 1.54) is 0 Å². The largest absolute Gasteiger partial charge is 0.391 e. The lowest BCUT2D eigenvalue weighted by atomic mass is 10.1. The first kappa shape index (κ1) is 16.9. The average molecular weight is 336 g/mol. The second-order valence-corrected chi connectivity index (χ2v) is 5.94. The molecule has 2 N–H and O–H groups in total. The normalized spacial score (nSPS) is 11.9. The Morgan fingerprint density at radius 2 is 1.88 bits per heavy atom. The van der Waals surface area contributed by atoms with Gasteiger partial charge in [0.2, 0.25) is 0 Å². The van der Waals surface area contributed by atoms with Crippen LogP contribution in [0.25, 0.3) is 5.69 Å². The van der Waals surface area contributed by atoms with E-state index in [2.05, 4.69) is 15.6 Å². The third kappa shape index (κ3) is 4.51. The summed E-state index contributed by atoms with van der Waals surface area (Å²) in [5.41, 5.74) is 3.22. The van der Waals surface area contributed by atoms with Crippen LogP contribution in [-0.4, -0.2) is 38.7 Å². The van der Waals surface area contributed by atoms with Crippen LogP contribution in [0.2, 0.25) is 0 Å². The molecule has 6 heteroatoms. The van der Waals surface area contributed by atoms with E-state index in [1.807, 2.05) is 61.5 Å². The Balaban J connectivity index is 1.56. The van der Waals surface area contributed by atoms with Gasteiger partial charge in [-0.25, -0.2) is 4.68 Å². The van der Waals surface area contributed by atoms with Crippen LogP contribution < -0.4 is 5.32 Å². The molecule has 0 saturated carbocycles. The number of nitrogens with one attached hydrogen (secondary N) is 1. The SMILES string of the molecule is Cc1ccc(-n2cc(C(=O)NCC(O)Cc3ccccc3)nn2)cc1. The van der Waals surface area contributed by atoms with Crippen molar-refractivity contribution in [1.29, 1.82) is 0 Å². The van der Waals surface area contributed by atoms with Crippen molar-refractivity contribution in [3.05, 3.63) is 77.6 Å². The molecule has 3 rings (SSSR count). The smallest absolute Gasteiger partial charge is 0.273 e. The van der Waals surface area contributed by atoms with Crippen molar-refractivity contribution in [2.75, 3.05) is 6.54 Å². The van der Waals surface area contributed by atoms with E-state index in [0.717, 1.165) is 16.8 Å². The molecular formula is C19H20N4O2. The number of aliphatic hydroxyl groups excluding tert-OH is 1. The lowest BCUT2D eigenvalue weighted by Gasteiger charge is -2.11. The lowest BCUT2D eigenvalue weighted by molar-refractivity contribution is 0.0911. The second-order valence-electron chi connectivity index (χ2n) is 5.94. The standard InChI is InChI=1S/C19H20N4O2/c1-14-7-9-16(10-8-14)23-13-18(21-22-23)19(25)20-12-17(24)11-15-5-3-2-4-6-15/h2-10,13,17,24H,11-12H2,1H3,(H,20,25). The molecule has 1 unspecified atom stereocenters. The van der Waals surface area contributed by atoms with Gasteiger partial charge < -0.3 is 10.4 Å². The first-order valence-electron chi connectivity index (χ1n) is 8.11. The van der Waals surface area contributed by atoms with Crippen LogP contribution >= 0.6 is 0 Å². The molecule has 0 bridgehead atoms. The maximum Gasteiger partial charge on any atom is 0.273 e. The number of aromatic nitrogens is 3. The molecule has 128 valence electrons. The second kappa shape index (κ2) is 7.72. The van der Waals surface area contributed by atoms with Gasteiger partial charge in [-0.1, -0.05) is 53.2 Å². The van der Waals surface area contributed by atoms with Gasteiger partial charge in [0.05, 0.1) is 18.0 Å². The highest BCUT2D eigenvalue weighted by molar-refractivity contribution is 5.91. The molecule has 1 amide bonds. The third-order valence-electron chi connectivity index (χ3n) is 3.84. The Kier molecular flexibility index (Phi) is 5.20. The van der Waals surface area contributed by atoms with E-state index in [-0.39, 0.29) is 18.1 Å². The molecule has 0 aliphatic carbocycles. The van der Waals surface area contributed by atoms with Crippen molar-refractivity contribution in [1.82, 2.24) is 20.3 Å². The van der Waals surface area contributed by atoms with Crippen molar-refractivity contribution in [2.24, 2.45) is 0 Å². The maximum atomic E-state index is 12.2. The Morgan fingerprint density at radius 1 is 1.16 bits per heavy atom. The minimum atomic E-state index is -0.654. The van der Waals surface area contributed by atoms with E-state index >= 15 is 0 Å². The van der Waals surface area contributed by atoms with Crippen LogP contribution in [0, 0.1) is 6.92 Å². The summed E-state index contributed by atoms with van der Waals surface area (Å²) in [6, 6.07) is 17.4. The van der Waals surface area contributed by atoms with Gasteiger partial charge in [0.1, 0.15) is 0 Å². The molecule has 1 atom stereocenters. The van der Waals surface area contributed by atoms with Crippen LogP contribution in [0.3, 0.4) is 0 Å². The highest BCUT2D eigenvalue weighted by Crippen LogP contribution is 2.08. The molecule has 6 nitrogen and oxygen atoms in total. The number of aryl methyl sites for hydroxylation is 1. The van der Waals surface area contributed by atoms with Gasteiger partial charge in [-0.3, -0.25) is 4.79 Å². The summed E-state index contributed by atoms with van der Waals surface area (Å²) < 4.78 is 1.55. The summed E-state index contributed by atoms with van der Waals surface area (Å²) in [6.07, 6.45) is 1.40. The maximum absolute atomic E-state index is 12.2. The third-order valence-corrected chi connectivity index (χ3v) is 3.84. The number of aliphatic hydroxyl groups is 1. The van der Waals surface area contributed by atoms with Crippen LogP contribution in [-0.2, 0) is 6.42 Å². The molecule has 2 aromatic carbocycles. The van der Waals surface area contributed by atoms with Crippen LogP contribution in [0.1, 0.15) is 21.6 Å². The number of carbonyl (C=O) groups excluding carboxylic acids is 1. The van der Waals surface area contributed by atoms with E-state index < -0.39 is 6.10 Å². The van der Waals surface area contributed by atoms with Gasteiger partial charge in [0.25, 0.3) is 5.91 Å². The summed E-state index contributed by atoms with van der Waals surface area (Å²) in [4.78, 5) is 12.2. The zero-order valence-electron chi connectivity index (χ0n) is 14.0. The minimum Gasteiger partial charge on any atom is -0.391 e. The molecule has 0 radical (unpaired) electrons. The lowest BCUT2D eigenvalue weighted by Crippen LogP contribution is -2.33. The summed E-state index contributed by atoms with van der Waals surface area (Å²) >= 11 is 0. The molecule has 0 spiro atoms. The number of nitrogens with zero attached hydrogens (tertiary/aromatic N) is 3. The molecule has 25 heavy (non-hydrogen) atoms. The predicted octanol–water partition coefficient (Wildman–Crippen LogP) is 1.91. The highest BCUT2D eigenvalue weighted by atomic mass is 16.3. The van der Waals surface area contributed by atoms with Crippen LogP contribution in [0.15, 0.2) is 60.8 Å². The fraction of sp³-hybridized carbons (Fsp3) is 0.211. The predicted molar refractivity (Wildman–Crippen MR) is 94.6 cm³/mol. The van der Waals surface area contributed by atoms with Crippen molar-refractivity contribution in [2.45, 2.75) is 19.4 Å². The Morgan fingerprint density at radius 3 is 2.60 bits per heavy atom. The first-order chi connectivity index (χ1) is 12.1. The zero-order chi connectivity index (χ0) is 17.6. The van der Waals surface area contributed by atoms with Gasteiger partial charge >= 0.3 is 0 Å². The van der Waals surface area contributed by atoms with Gasteiger partial charge in [0, 0.05) is 13.0 Å². The van der Waals surface area contributed by atoms with Gasteiger partial charge in [-0.2, -0.15) is 0 Å². The number of carbonyl (C=O) groups is 1. The van der Waals surface area contributed by atoms with Crippen molar-refractivity contribution < 1.29 is 9.90 Å². The van der Waals surface area contributed by atoms with Gasteiger partial charge in [-0.15, -0.1) is 5.10 Å². The van der Waals surface area contributed by atoms with E-state index in [4.69, 9.17) is 0 Å². The fourth-order valence-corrected chi connectivity index (χ4v) is 2.45. The van der Waals surface area contributed by atoms with Crippen molar-refractivity contribution in [3.63, 3.8) is 0 Å². The van der Waals surface area contributed by atoms with Crippen LogP contribution in [0.5, 0.6) is 0 Å². The highest BCUT2D eigenvalue weighted by Gasteiger charge is 2.13. The first-order valence-corrected chi connectivity index (χ1v) is 8.11. The topological polar surface area (TPSA) is 80.0 Å². The van der Waals surface area contributed by atoms with Crippen molar-refractivity contribution >= 4 is 5.91 Å². The molecule has 0 aliphatic heterocycles. The van der Waals surface area contributed by atoms with E-state index in [9.17, 15) is 9.90 Å². The Hall–Kier alpha value is -2.99. The zero-order valence-corrected chi connectivity index (χ0v) is 14.0. The van der Waals surface area contributed by atoms with E-state index in [0.29, 0.717) is 6.42 Å². The molecule has 0 saturated heterocycles. The van der Waals surface area contributed by atoms with Gasteiger partial charge in [-0.05, 0) is 24.6 Å². The monoisotopic (exact) mass is 336 g/mol. The molecule has 1 heterocycles. The minimum absolute atomic E-state index is 0.158. The van der Waals surface area contributed by atoms with Crippen LogP contribution in [0.4, 0.5) is 0 Å². The number of rotatable bonds is 6. The number of hydrogen-bond acceptors (Lipinski definition) is 4. The summed E-state index contributed by atoms with van der Waals surface area (Å²) in [7, 11) is 0. The number of benzene rings is 2. The summed E-state index contributed by atoms with van der Waals surface area (Å²) in [5, 5.41) is 20.6.